The van der Waals surface area contributed by atoms with E-state index in [0.29, 0.717) is 6.07 Å². The molecule has 0 saturated carbocycles. The van der Waals surface area contributed by atoms with Crippen molar-refractivity contribution in [2.75, 3.05) is 0 Å². The Bertz CT molecular complexity index is 471. The Kier molecular flexibility index (Phi) is 4.25. The molecule has 3 nitrogen and oxygen atoms in total. The lowest BCUT2D eigenvalue weighted by atomic mass is 9.87. The summed E-state index contributed by atoms with van der Waals surface area (Å²) in [5, 5.41) is 9.73. The Morgan fingerprint density at radius 1 is 1.15 bits per heavy atom. The molecule has 0 fully saturated rings. The lowest BCUT2D eigenvalue weighted by molar-refractivity contribution is -0.276. The summed E-state index contributed by atoms with van der Waals surface area (Å²) < 4.78 is 78.4. The maximum atomic E-state index is 12.9. The van der Waals surface area contributed by atoms with Crippen molar-refractivity contribution < 1.29 is 36.2 Å². The van der Waals surface area contributed by atoms with Gasteiger partial charge in [0.2, 0.25) is 5.60 Å². The summed E-state index contributed by atoms with van der Waals surface area (Å²) in [6.45, 7) is 0.894. The molecule has 9 heteroatoms. The number of alkyl halides is 6. The molecule has 2 unspecified atom stereocenters. The zero-order valence-corrected chi connectivity index (χ0v) is 10.1. The van der Waals surface area contributed by atoms with Gasteiger partial charge in [-0.1, -0.05) is 12.1 Å². The van der Waals surface area contributed by atoms with Gasteiger partial charge in [0, 0.05) is 6.04 Å². The molecular formula is C11H11F6NO2. The van der Waals surface area contributed by atoms with E-state index in [1.165, 1.54) is 0 Å². The quantitative estimate of drug-likeness (QED) is 0.844. The monoisotopic (exact) mass is 303 g/mol. The van der Waals surface area contributed by atoms with E-state index in [-0.39, 0.29) is 0 Å². The molecule has 3 N–H and O–H groups in total. The van der Waals surface area contributed by atoms with Gasteiger partial charge in [-0.2, -0.15) is 13.2 Å². The predicted octanol–water partition coefficient (Wildman–Crippen LogP) is 2.68. The Morgan fingerprint density at radius 2 is 1.70 bits per heavy atom. The van der Waals surface area contributed by atoms with Crippen LogP contribution < -0.4 is 10.5 Å². The maximum Gasteiger partial charge on any atom is 0.573 e. The number of ether oxygens (including phenoxy) is 1. The molecule has 0 aliphatic rings. The van der Waals surface area contributed by atoms with Gasteiger partial charge in [0.15, 0.2) is 0 Å². The van der Waals surface area contributed by atoms with Crippen molar-refractivity contribution in [2.45, 2.75) is 31.1 Å². The van der Waals surface area contributed by atoms with E-state index >= 15 is 0 Å². The van der Waals surface area contributed by atoms with Gasteiger partial charge in [0.1, 0.15) is 5.75 Å². The van der Waals surface area contributed by atoms with Crippen LogP contribution in [0.15, 0.2) is 24.3 Å². The van der Waals surface area contributed by atoms with Crippen LogP contribution in [0.1, 0.15) is 12.5 Å². The molecule has 1 aromatic rings. The van der Waals surface area contributed by atoms with Crippen LogP contribution in [-0.2, 0) is 5.60 Å². The second kappa shape index (κ2) is 5.13. The Hall–Kier alpha value is -1.48. The molecule has 20 heavy (non-hydrogen) atoms. The summed E-state index contributed by atoms with van der Waals surface area (Å²) in [4.78, 5) is 0. The minimum atomic E-state index is -5.15. The lowest BCUT2D eigenvalue weighted by Crippen LogP contribution is -2.54. The maximum absolute atomic E-state index is 12.9. The standard InChI is InChI=1S/C11H11F6NO2/c1-6(18)9(19,10(12,13)14)7-3-2-4-8(5-7)20-11(15,16)17/h2-6,19H,18H2,1H3. The van der Waals surface area contributed by atoms with Crippen LogP contribution in [-0.4, -0.2) is 23.7 Å². The van der Waals surface area contributed by atoms with E-state index in [1.807, 2.05) is 0 Å². The van der Waals surface area contributed by atoms with Crippen LogP contribution in [0, 0.1) is 0 Å². The molecule has 1 rings (SSSR count). The molecule has 114 valence electrons. The lowest BCUT2D eigenvalue weighted by Gasteiger charge is -2.34. The van der Waals surface area contributed by atoms with Gasteiger partial charge in [-0.15, -0.1) is 13.2 Å². The molecule has 0 bridgehead atoms. The normalized spacial score (nSPS) is 17.4. The average Bonchev–Trinajstić information content (AvgIpc) is 2.24. The van der Waals surface area contributed by atoms with Crippen LogP contribution in [0.2, 0.25) is 0 Å². The van der Waals surface area contributed by atoms with Crippen molar-refractivity contribution >= 4 is 0 Å². The van der Waals surface area contributed by atoms with Gasteiger partial charge < -0.3 is 15.6 Å². The fourth-order valence-corrected chi connectivity index (χ4v) is 1.62. The largest absolute Gasteiger partial charge is 0.573 e. The molecule has 1 aromatic carbocycles. The fourth-order valence-electron chi connectivity index (χ4n) is 1.62. The third-order valence-electron chi connectivity index (χ3n) is 2.60. The van der Waals surface area contributed by atoms with Crippen molar-refractivity contribution in [2.24, 2.45) is 5.73 Å². The van der Waals surface area contributed by atoms with E-state index in [0.717, 1.165) is 25.1 Å². The van der Waals surface area contributed by atoms with E-state index in [4.69, 9.17) is 5.73 Å². The van der Waals surface area contributed by atoms with Gasteiger partial charge in [-0.25, -0.2) is 0 Å². The number of halogens is 6. The molecule has 0 radical (unpaired) electrons. The van der Waals surface area contributed by atoms with Gasteiger partial charge >= 0.3 is 12.5 Å². The van der Waals surface area contributed by atoms with Crippen molar-refractivity contribution in [3.63, 3.8) is 0 Å². The first-order valence-corrected chi connectivity index (χ1v) is 5.29. The minimum Gasteiger partial charge on any atom is -0.406 e. The first-order valence-electron chi connectivity index (χ1n) is 5.29. The topological polar surface area (TPSA) is 55.5 Å². The smallest absolute Gasteiger partial charge is 0.406 e. The Labute approximate surface area is 109 Å². The molecule has 0 aliphatic heterocycles. The second-order valence-corrected chi connectivity index (χ2v) is 4.13. The number of nitrogens with two attached hydrogens (primary N) is 1. The first-order chi connectivity index (χ1) is 8.88. The van der Waals surface area contributed by atoms with Gasteiger partial charge in [0.25, 0.3) is 0 Å². The number of hydrogen-bond acceptors (Lipinski definition) is 3. The Morgan fingerprint density at radius 3 is 2.10 bits per heavy atom. The molecule has 0 spiro atoms. The van der Waals surface area contributed by atoms with Crippen LogP contribution >= 0.6 is 0 Å². The fraction of sp³-hybridized carbons (Fsp3) is 0.455. The molecule has 2 atom stereocenters. The predicted molar refractivity (Wildman–Crippen MR) is 56.7 cm³/mol. The molecule has 0 heterocycles. The van der Waals surface area contributed by atoms with Crippen LogP contribution in [0.25, 0.3) is 0 Å². The third kappa shape index (κ3) is 3.34. The SMILES string of the molecule is CC(N)C(O)(c1cccc(OC(F)(F)F)c1)C(F)(F)F. The summed E-state index contributed by atoms with van der Waals surface area (Å²) in [7, 11) is 0. The zero-order valence-electron chi connectivity index (χ0n) is 10.1. The highest BCUT2D eigenvalue weighted by atomic mass is 19.4. The molecule has 0 aliphatic carbocycles. The van der Waals surface area contributed by atoms with Crippen LogP contribution in [0.4, 0.5) is 26.3 Å². The number of rotatable bonds is 3. The second-order valence-electron chi connectivity index (χ2n) is 4.13. The highest BCUT2D eigenvalue weighted by Crippen LogP contribution is 2.42. The van der Waals surface area contributed by atoms with E-state index in [1.54, 1.807) is 0 Å². The van der Waals surface area contributed by atoms with Gasteiger partial charge in [0.05, 0.1) is 0 Å². The molecular weight excluding hydrogens is 292 g/mol. The van der Waals surface area contributed by atoms with Crippen molar-refractivity contribution in [3.05, 3.63) is 29.8 Å². The van der Waals surface area contributed by atoms with Crippen molar-refractivity contribution in [1.29, 1.82) is 0 Å². The number of aliphatic hydroxyl groups is 1. The average molecular weight is 303 g/mol. The van der Waals surface area contributed by atoms with Gasteiger partial charge in [-0.3, -0.25) is 0 Å². The summed E-state index contributed by atoms with van der Waals surface area (Å²) >= 11 is 0. The zero-order chi connectivity index (χ0) is 15.8. The Balaban J connectivity index is 3.27. The van der Waals surface area contributed by atoms with Crippen LogP contribution in [0.5, 0.6) is 5.75 Å². The highest BCUT2D eigenvalue weighted by Gasteiger charge is 2.57. The summed E-state index contributed by atoms with van der Waals surface area (Å²) in [5.41, 5.74) is 0.827. The van der Waals surface area contributed by atoms with Crippen LogP contribution in [0.3, 0.4) is 0 Å². The first kappa shape index (κ1) is 16.6. The van der Waals surface area contributed by atoms with E-state index in [9.17, 15) is 31.4 Å². The third-order valence-corrected chi connectivity index (χ3v) is 2.60. The van der Waals surface area contributed by atoms with E-state index in [2.05, 4.69) is 4.74 Å². The minimum absolute atomic E-state index is 0.449. The van der Waals surface area contributed by atoms with Crippen molar-refractivity contribution in [3.8, 4) is 5.75 Å². The molecule has 0 saturated heterocycles. The van der Waals surface area contributed by atoms with Crippen molar-refractivity contribution in [1.82, 2.24) is 0 Å². The summed E-state index contributed by atoms with van der Waals surface area (Å²) in [5.74, 6) is -0.877. The highest BCUT2D eigenvalue weighted by molar-refractivity contribution is 5.34. The molecule has 0 amide bonds. The van der Waals surface area contributed by atoms with Gasteiger partial charge in [-0.05, 0) is 24.6 Å². The number of hydrogen-bond donors (Lipinski definition) is 2. The van der Waals surface area contributed by atoms with E-state index < -0.39 is 35.5 Å². The number of benzene rings is 1. The summed E-state index contributed by atoms with van der Waals surface area (Å²) in [6, 6.07) is 1.19. The molecule has 0 aromatic heterocycles. The summed E-state index contributed by atoms with van der Waals surface area (Å²) in [6.07, 6.45) is -10.2.